The van der Waals surface area contributed by atoms with E-state index in [9.17, 15) is 14.0 Å². The van der Waals surface area contributed by atoms with Crippen LogP contribution in [0.3, 0.4) is 0 Å². The number of fused-ring (bicyclic) bond motifs is 1. The van der Waals surface area contributed by atoms with E-state index in [-0.39, 0.29) is 6.42 Å². The summed E-state index contributed by atoms with van der Waals surface area (Å²) in [5.74, 6) is -3.31. The van der Waals surface area contributed by atoms with Gasteiger partial charge in [0.2, 0.25) is 5.91 Å². The second kappa shape index (κ2) is 3.34. The molecule has 78 valence electrons. The standard InChI is InChI=1S/C10H8FNO3/c11-6-1-2-8-5(3-6)4-7(10(14)15)9(13)12-8/h1-3,7H,4H2,(H,12,13)(H,14,15)/t7-/m0/s1. The van der Waals surface area contributed by atoms with E-state index in [0.717, 1.165) is 0 Å². The number of halogens is 1. The second-order valence-electron chi connectivity index (χ2n) is 3.39. The van der Waals surface area contributed by atoms with Crippen molar-refractivity contribution in [1.82, 2.24) is 0 Å². The largest absolute Gasteiger partial charge is 0.481 e. The molecule has 0 aromatic heterocycles. The molecule has 0 fully saturated rings. The Hall–Kier alpha value is -1.91. The van der Waals surface area contributed by atoms with Gasteiger partial charge in [0.1, 0.15) is 11.7 Å². The van der Waals surface area contributed by atoms with Gasteiger partial charge in [-0.05, 0) is 30.2 Å². The number of carbonyl (C=O) groups is 2. The van der Waals surface area contributed by atoms with Crippen molar-refractivity contribution in [2.75, 3.05) is 5.32 Å². The molecular weight excluding hydrogens is 201 g/mol. The van der Waals surface area contributed by atoms with Gasteiger partial charge in [-0.25, -0.2) is 4.39 Å². The predicted molar refractivity (Wildman–Crippen MR) is 49.9 cm³/mol. The number of amides is 1. The maximum absolute atomic E-state index is 12.9. The van der Waals surface area contributed by atoms with Crippen molar-refractivity contribution < 1.29 is 19.1 Å². The summed E-state index contributed by atoms with van der Waals surface area (Å²) in [6.07, 6.45) is 0.0360. The number of carbonyl (C=O) groups excluding carboxylic acids is 1. The highest BCUT2D eigenvalue weighted by Gasteiger charge is 2.31. The number of rotatable bonds is 1. The number of benzene rings is 1. The van der Waals surface area contributed by atoms with Crippen LogP contribution in [0.2, 0.25) is 0 Å². The maximum atomic E-state index is 12.9. The van der Waals surface area contributed by atoms with E-state index < -0.39 is 23.6 Å². The number of carboxylic acids is 1. The number of aliphatic carboxylic acids is 1. The zero-order valence-corrected chi connectivity index (χ0v) is 7.66. The monoisotopic (exact) mass is 209 g/mol. The number of hydrogen-bond acceptors (Lipinski definition) is 2. The Labute approximate surface area is 84.7 Å². The third kappa shape index (κ3) is 1.68. The van der Waals surface area contributed by atoms with Gasteiger partial charge in [-0.1, -0.05) is 0 Å². The fourth-order valence-electron chi connectivity index (χ4n) is 1.59. The quantitative estimate of drug-likeness (QED) is 0.678. The molecule has 2 N–H and O–H groups in total. The molecule has 0 saturated carbocycles. The first-order valence-corrected chi connectivity index (χ1v) is 4.40. The topological polar surface area (TPSA) is 66.4 Å². The summed E-state index contributed by atoms with van der Waals surface area (Å²) in [6, 6.07) is 3.89. The molecule has 1 aliphatic rings. The van der Waals surface area contributed by atoms with E-state index in [1.165, 1.54) is 18.2 Å². The van der Waals surface area contributed by atoms with E-state index in [4.69, 9.17) is 5.11 Å². The molecule has 2 rings (SSSR count). The summed E-state index contributed by atoms with van der Waals surface area (Å²) >= 11 is 0. The molecule has 1 amide bonds. The molecule has 0 bridgehead atoms. The first-order chi connectivity index (χ1) is 7.08. The van der Waals surface area contributed by atoms with Crippen LogP contribution in [0.5, 0.6) is 0 Å². The number of anilines is 1. The van der Waals surface area contributed by atoms with Crippen LogP contribution in [-0.2, 0) is 16.0 Å². The third-order valence-corrected chi connectivity index (χ3v) is 2.36. The van der Waals surface area contributed by atoms with Crippen LogP contribution < -0.4 is 5.32 Å². The van der Waals surface area contributed by atoms with Gasteiger partial charge in [-0.15, -0.1) is 0 Å². The van der Waals surface area contributed by atoms with Gasteiger partial charge in [0.25, 0.3) is 0 Å². The minimum absolute atomic E-state index is 0.0360. The molecule has 4 nitrogen and oxygen atoms in total. The summed E-state index contributed by atoms with van der Waals surface area (Å²) in [5, 5.41) is 11.2. The van der Waals surface area contributed by atoms with Gasteiger partial charge in [-0.3, -0.25) is 9.59 Å². The van der Waals surface area contributed by atoms with E-state index in [0.29, 0.717) is 11.3 Å². The van der Waals surface area contributed by atoms with Crippen molar-refractivity contribution in [1.29, 1.82) is 0 Å². The van der Waals surface area contributed by atoms with Crippen molar-refractivity contribution in [2.45, 2.75) is 6.42 Å². The highest BCUT2D eigenvalue weighted by atomic mass is 19.1. The molecule has 0 aliphatic carbocycles. The summed E-state index contributed by atoms with van der Waals surface area (Å²) in [5.41, 5.74) is 1.00. The van der Waals surface area contributed by atoms with Crippen molar-refractivity contribution in [2.24, 2.45) is 5.92 Å². The lowest BCUT2D eigenvalue weighted by Gasteiger charge is -2.21. The Morgan fingerprint density at radius 2 is 2.27 bits per heavy atom. The normalized spacial score (nSPS) is 19.3. The molecule has 5 heteroatoms. The first kappa shape index (κ1) is 9.64. The minimum atomic E-state index is -1.19. The zero-order chi connectivity index (χ0) is 11.0. The highest BCUT2D eigenvalue weighted by Crippen LogP contribution is 2.26. The highest BCUT2D eigenvalue weighted by molar-refractivity contribution is 6.06. The van der Waals surface area contributed by atoms with Crippen LogP contribution in [0.4, 0.5) is 10.1 Å². The van der Waals surface area contributed by atoms with Crippen LogP contribution in [0, 0.1) is 11.7 Å². The lowest BCUT2D eigenvalue weighted by atomic mass is 9.93. The number of nitrogens with one attached hydrogen (secondary N) is 1. The maximum Gasteiger partial charge on any atom is 0.316 e. The summed E-state index contributed by atoms with van der Waals surface area (Å²) in [7, 11) is 0. The Morgan fingerprint density at radius 1 is 1.53 bits per heavy atom. The van der Waals surface area contributed by atoms with Gasteiger partial charge in [-0.2, -0.15) is 0 Å². The molecule has 1 aliphatic heterocycles. The van der Waals surface area contributed by atoms with Crippen LogP contribution in [0.15, 0.2) is 18.2 Å². The average Bonchev–Trinajstić information content (AvgIpc) is 2.17. The fourth-order valence-corrected chi connectivity index (χ4v) is 1.59. The van der Waals surface area contributed by atoms with Crippen LogP contribution >= 0.6 is 0 Å². The fraction of sp³-hybridized carbons (Fsp3) is 0.200. The van der Waals surface area contributed by atoms with E-state index >= 15 is 0 Å². The van der Waals surface area contributed by atoms with Gasteiger partial charge in [0, 0.05) is 5.69 Å². The first-order valence-electron chi connectivity index (χ1n) is 4.40. The van der Waals surface area contributed by atoms with Gasteiger partial charge >= 0.3 is 5.97 Å². The van der Waals surface area contributed by atoms with Crippen molar-refractivity contribution in [3.63, 3.8) is 0 Å². The molecule has 1 aromatic rings. The third-order valence-electron chi connectivity index (χ3n) is 2.36. The molecule has 1 heterocycles. The molecular formula is C10H8FNO3. The second-order valence-corrected chi connectivity index (χ2v) is 3.39. The Morgan fingerprint density at radius 3 is 2.93 bits per heavy atom. The van der Waals surface area contributed by atoms with Crippen molar-refractivity contribution in [3.8, 4) is 0 Å². The SMILES string of the molecule is O=C(O)[C@H]1Cc2cc(F)ccc2NC1=O. The molecule has 0 radical (unpaired) electrons. The lowest BCUT2D eigenvalue weighted by Crippen LogP contribution is -2.35. The van der Waals surface area contributed by atoms with Gasteiger partial charge < -0.3 is 10.4 Å². The van der Waals surface area contributed by atoms with E-state index in [1.807, 2.05) is 0 Å². The smallest absolute Gasteiger partial charge is 0.316 e. The summed E-state index contributed by atoms with van der Waals surface area (Å²) < 4.78 is 12.9. The summed E-state index contributed by atoms with van der Waals surface area (Å²) in [4.78, 5) is 22.0. The Bertz CT molecular complexity index is 444. The zero-order valence-electron chi connectivity index (χ0n) is 7.66. The Balaban J connectivity index is 2.39. The number of hydrogen-bond donors (Lipinski definition) is 2. The molecule has 15 heavy (non-hydrogen) atoms. The van der Waals surface area contributed by atoms with Crippen molar-refractivity contribution in [3.05, 3.63) is 29.6 Å². The van der Waals surface area contributed by atoms with Gasteiger partial charge in [0.05, 0.1) is 0 Å². The molecule has 1 atom stereocenters. The van der Waals surface area contributed by atoms with Gasteiger partial charge in [0.15, 0.2) is 0 Å². The van der Waals surface area contributed by atoms with Crippen LogP contribution in [0.25, 0.3) is 0 Å². The van der Waals surface area contributed by atoms with Crippen molar-refractivity contribution >= 4 is 17.6 Å². The molecule has 0 saturated heterocycles. The molecule has 0 unspecified atom stereocenters. The Kier molecular flexibility index (Phi) is 2.15. The van der Waals surface area contributed by atoms with E-state index in [2.05, 4.69) is 5.32 Å². The van der Waals surface area contributed by atoms with Crippen LogP contribution in [0.1, 0.15) is 5.56 Å². The number of carboxylic acid groups (broad SMARTS) is 1. The molecule has 0 spiro atoms. The van der Waals surface area contributed by atoms with Crippen LogP contribution in [-0.4, -0.2) is 17.0 Å². The van der Waals surface area contributed by atoms with E-state index in [1.54, 1.807) is 0 Å². The summed E-state index contributed by atoms with van der Waals surface area (Å²) in [6.45, 7) is 0. The lowest BCUT2D eigenvalue weighted by molar-refractivity contribution is -0.145. The average molecular weight is 209 g/mol. The minimum Gasteiger partial charge on any atom is -0.481 e. The predicted octanol–water partition coefficient (Wildman–Crippen LogP) is 1.02. The molecule has 1 aromatic carbocycles.